The van der Waals surface area contributed by atoms with Gasteiger partial charge in [-0.3, -0.25) is 0 Å². The quantitative estimate of drug-likeness (QED) is 0.788. The molecule has 1 unspecified atom stereocenters. The van der Waals surface area contributed by atoms with Crippen molar-refractivity contribution in [2.75, 3.05) is 25.5 Å². The molecular weight excluding hydrogens is 212 g/mol. The molecule has 2 N–H and O–H groups in total. The summed E-state index contributed by atoms with van der Waals surface area (Å²) in [6, 6.07) is 8.73. The average Bonchev–Trinajstić information content (AvgIpc) is 2.27. The molecule has 1 aromatic rings. The van der Waals surface area contributed by atoms with Crippen LogP contribution in [0.1, 0.15) is 19.4 Å². The van der Waals surface area contributed by atoms with Crippen molar-refractivity contribution >= 4 is 5.69 Å². The monoisotopic (exact) mass is 236 g/mol. The summed E-state index contributed by atoms with van der Waals surface area (Å²) >= 11 is 0. The number of benzene rings is 1. The molecule has 3 heteroatoms. The van der Waals surface area contributed by atoms with Crippen LogP contribution in [0.5, 0.6) is 0 Å². The lowest BCUT2D eigenvalue weighted by Gasteiger charge is -2.15. The van der Waals surface area contributed by atoms with E-state index in [9.17, 15) is 5.11 Å². The lowest BCUT2D eigenvalue weighted by Crippen LogP contribution is -2.33. The number of aliphatic hydroxyl groups excluding tert-OH is 1. The topological polar surface area (TPSA) is 35.5 Å². The summed E-state index contributed by atoms with van der Waals surface area (Å²) in [5, 5.41) is 13.1. The third-order valence-electron chi connectivity index (χ3n) is 2.69. The molecule has 0 bridgehead atoms. The van der Waals surface area contributed by atoms with Crippen LogP contribution in [0.2, 0.25) is 0 Å². The van der Waals surface area contributed by atoms with Crippen LogP contribution < -0.4 is 10.2 Å². The highest BCUT2D eigenvalue weighted by atomic mass is 16.3. The highest BCUT2D eigenvalue weighted by molar-refractivity contribution is 5.46. The Hall–Kier alpha value is -1.06. The lowest BCUT2D eigenvalue weighted by atomic mass is 10.1. The van der Waals surface area contributed by atoms with Crippen molar-refractivity contribution in [3.8, 4) is 0 Å². The van der Waals surface area contributed by atoms with Crippen LogP contribution in [0.3, 0.4) is 0 Å². The van der Waals surface area contributed by atoms with E-state index in [4.69, 9.17) is 0 Å². The molecule has 0 spiro atoms. The Kier molecular flexibility index (Phi) is 5.45. The van der Waals surface area contributed by atoms with Crippen molar-refractivity contribution in [2.24, 2.45) is 0 Å². The summed E-state index contributed by atoms with van der Waals surface area (Å²) in [6.45, 7) is 4.81. The fraction of sp³-hybridized carbons (Fsp3) is 0.571. The van der Waals surface area contributed by atoms with Crippen LogP contribution in [0.4, 0.5) is 5.69 Å². The first-order valence-electron chi connectivity index (χ1n) is 6.16. The Morgan fingerprint density at radius 3 is 2.24 bits per heavy atom. The van der Waals surface area contributed by atoms with Crippen molar-refractivity contribution in [2.45, 2.75) is 32.4 Å². The molecule has 0 radical (unpaired) electrons. The van der Waals surface area contributed by atoms with E-state index < -0.39 is 0 Å². The lowest BCUT2D eigenvalue weighted by molar-refractivity contribution is 0.169. The van der Waals surface area contributed by atoms with Gasteiger partial charge in [0.25, 0.3) is 0 Å². The largest absolute Gasteiger partial charge is 0.391 e. The fourth-order valence-corrected chi connectivity index (χ4v) is 1.65. The van der Waals surface area contributed by atoms with Crippen molar-refractivity contribution < 1.29 is 5.11 Å². The Bertz CT molecular complexity index is 319. The standard InChI is InChI=1S/C14H24N2O/c1-11(2)15-10-14(17)9-12-5-7-13(8-6-12)16(3)4/h5-8,11,14-15,17H,9-10H2,1-4H3. The SMILES string of the molecule is CC(C)NCC(O)Cc1ccc(N(C)C)cc1. The minimum atomic E-state index is -0.317. The van der Waals surface area contributed by atoms with Crippen LogP contribution in [0.25, 0.3) is 0 Å². The van der Waals surface area contributed by atoms with Gasteiger partial charge < -0.3 is 15.3 Å². The van der Waals surface area contributed by atoms with Crippen LogP contribution in [-0.4, -0.2) is 37.9 Å². The fourth-order valence-electron chi connectivity index (χ4n) is 1.65. The zero-order valence-corrected chi connectivity index (χ0v) is 11.3. The van der Waals surface area contributed by atoms with Gasteiger partial charge in [-0.15, -0.1) is 0 Å². The highest BCUT2D eigenvalue weighted by Gasteiger charge is 2.06. The molecule has 96 valence electrons. The summed E-state index contributed by atoms with van der Waals surface area (Å²) in [5.74, 6) is 0. The minimum absolute atomic E-state index is 0.317. The number of rotatable bonds is 6. The number of hydrogen-bond donors (Lipinski definition) is 2. The molecule has 0 saturated heterocycles. The first-order chi connectivity index (χ1) is 7.99. The van der Waals surface area contributed by atoms with E-state index >= 15 is 0 Å². The predicted molar refractivity (Wildman–Crippen MR) is 73.6 cm³/mol. The van der Waals surface area contributed by atoms with Crippen molar-refractivity contribution in [3.05, 3.63) is 29.8 Å². The third-order valence-corrected chi connectivity index (χ3v) is 2.69. The molecule has 0 saturated carbocycles. The van der Waals surface area contributed by atoms with Gasteiger partial charge in [0.1, 0.15) is 0 Å². The highest BCUT2D eigenvalue weighted by Crippen LogP contribution is 2.13. The van der Waals surface area contributed by atoms with Gasteiger partial charge in [0.2, 0.25) is 0 Å². The minimum Gasteiger partial charge on any atom is -0.391 e. The molecular formula is C14H24N2O. The first kappa shape index (κ1) is 14.0. The molecule has 17 heavy (non-hydrogen) atoms. The zero-order chi connectivity index (χ0) is 12.8. The van der Waals surface area contributed by atoms with Gasteiger partial charge in [-0.2, -0.15) is 0 Å². The molecule has 0 heterocycles. The van der Waals surface area contributed by atoms with E-state index in [1.54, 1.807) is 0 Å². The molecule has 0 amide bonds. The normalized spacial score (nSPS) is 12.8. The summed E-state index contributed by atoms with van der Waals surface area (Å²) in [6.07, 6.45) is 0.385. The van der Waals surface area contributed by atoms with E-state index in [1.165, 1.54) is 11.3 Å². The van der Waals surface area contributed by atoms with Gasteiger partial charge in [-0.25, -0.2) is 0 Å². The van der Waals surface area contributed by atoms with E-state index in [1.807, 2.05) is 14.1 Å². The summed E-state index contributed by atoms with van der Waals surface area (Å²) in [5.41, 5.74) is 2.36. The Morgan fingerprint density at radius 2 is 1.76 bits per heavy atom. The average molecular weight is 236 g/mol. The van der Waals surface area contributed by atoms with Gasteiger partial charge >= 0.3 is 0 Å². The van der Waals surface area contributed by atoms with E-state index in [0.29, 0.717) is 19.0 Å². The maximum absolute atomic E-state index is 9.86. The number of aliphatic hydroxyl groups is 1. The van der Waals surface area contributed by atoms with Crippen molar-refractivity contribution in [1.82, 2.24) is 5.32 Å². The summed E-state index contributed by atoms with van der Waals surface area (Å²) < 4.78 is 0. The number of nitrogens with one attached hydrogen (secondary N) is 1. The Morgan fingerprint density at radius 1 is 1.18 bits per heavy atom. The van der Waals surface area contributed by atoms with E-state index in [0.717, 1.165) is 0 Å². The third kappa shape index (κ3) is 5.20. The van der Waals surface area contributed by atoms with Crippen molar-refractivity contribution in [3.63, 3.8) is 0 Å². The number of nitrogens with zero attached hydrogens (tertiary/aromatic N) is 1. The second kappa shape index (κ2) is 6.62. The smallest absolute Gasteiger partial charge is 0.0704 e. The molecule has 3 nitrogen and oxygen atoms in total. The first-order valence-corrected chi connectivity index (χ1v) is 6.16. The number of anilines is 1. The molecule has 0 aliphatic heterocycles. The molecule has 0 fully saturated rings. The van der Waals surface area contributed by atoms with Crippen LogP contribution >= 0.6 is 0 Å². The van der Waals surface area contributed by atoms with Crippen molar-refractivity contribution in [1.29, 1.82) is 0 Å². The van der Waals surface area contributed by atoms with Gasteiger partial charge in [0.15, 0.2) is 0 Å². The van der Waals surface area contributed by atoms with Crippen LogP contribution in [-0.2, 0) is 6.42 Å². The molecule has 1 rings (SSSR count). The second-order valence-corrected chi connectivity index (χ2v) is 4.98. The van der Waals surface area contributed by atoms with Gasteiger partial charge in [-0.1, -0.05) is 26.0 Å². The molecule has 1 aromatic carbocycles. The van der Waals surface area contributed by atoms with E-state index in [-0.39, 0.29) is 6.10 Å². The molecule has 0 aliphatic rings. The second-order valence-electron chi connectivity index (χ2n) is 4.98. The number of hydrogen-bond acceptors (Lipinski definition) is 3. The van der Waals surface area contributed by atoms with Crippen LogP contribution in [0.15, 0.2) is 24.3 Å². The van der Waals surface area contributed by atoms with Gasteiger partial charge in [0.05, 0.1) is 6.10 Å². The summed E-state index contributed by atoms with van der Waals surface area (Å²) in [7, 11) is 4.05. The molecule has 0 aromatic heterocycles. The molecule has 0 aliphatic carbocycles. The summed E-state index contributed by atoms with van der Waals surface area (Å²) in [4.78, 5) is 2.07. The van der Waals surface area contributed by atoms with Gasteiger partial charge in [0, 0.05) is 32.4 Å². The maximum Gasteiger partial charge on any atom is 0.0704 e. The predicted octanol–water partition coefficient (Wildman–Crippen LogP) is 1.65. The molecule has 1 atom stereocenters. The maximum atomic E-state index is 9.86. The van der Waals surface area contributed by atoms with Crippen LogP contribution in [0, 0.1) is 0 Å². The zero-order valence-electron chi connectivity index (χ0n) is 11.3. The van der Waals surface area contributed by atoms with Gasteiger partial charge in [-0.05, 0) is 24.1 Å². The Labute approximate surface area is 104 Å². The van der Waals surface area contributed by atoms with E-state index in [2.05, 4.69) is 48.3 Å². The Balaban J connectivity index is 2.45.